The number of imidazole rings is 1. The maximum atomic E-state index is 12.4. The predicted octanol–water partition coefficient (Wildman–Crippen LogP) is 3.73. The van der Waals surface area contributed by atoms with E-state index < -0.39 is 0 Å². The van der Waals surface area contributed by atoms with Crippen molar-refractivity contribution in [3.63, 3.8) is 0 Å². The quantitative estimate of drug-likeness (QED) is 0.684. The lowest BCUT2D eigenvalue weighted by molar-refractivity contribution is -0.121. The monoisotopic (exact) mass is 376 g/mol. The summed E-state index contributed by atoms with van der Waals surface area (Å²) in [5, 5.41) is 3.10. The van der Waals surface area contributed by atoms with Crippen LogP contribution in [0.4, 0.5) is 0 Å². The number of amides is 1. The largest absolute Gasteiger partial charge is 0.352 e. The summed E-state index contributed by atoms with van der Waals surface area (Å²) < 4.78 is 2.04. The molecule has 5 nitrogen and oxygen atoms in total. The van der Waals surface area contributed by atoms with Gasteiger partial charge in [-0.25, -0.2) is 4.98 Å². The number of aromatic nitrogens is 2. The molecule has 4 rings (SSSR count). The number of nitrogens with one attached hydrogen (secondary N) is 1. The number of aryl methyl sites for hydroxylation is 1. The van der Waals surface area contributed by atoms with E-state index in [4.69, 9.17) is 0 Å². The molecule has 146 valence electrons. The Hall–Kier alpha value is -2.66. The molecule has 0 aliphatic carbocycles. The van der Waals surface area contributed by atoms with Crippen LogP contribution in [0.3, 0.4) is 0 Å². The van der Waals surface area contributed by atoms with Crippen molar-refractivity contribution in [1.29, 1.82) is 0 Å². The van der Waals surface area contributed by atoms with Crippen LogP contribution in [-0.2, 0) is 24.4 Å². The van der Waals surface area contributed by atoms with Gasteiger partial charge in [0.05, 0.1) is 17.4 Å². The molecule has 2 aromatic carbocycles. The van der Waals surface area contributed by atoms with Gasteiger partial charge in [-0.3, -0.25) is 9.69 Å². The summed E-state index contributed by atoms with van der Waals surface area (Å²) in [5.41, 5.74) is 4.58. The second-order valence-corrected chi connectivity index (χ2v) is 7.56. The Balaban J connectivity index is 1.31. The molecule has 0 bridgehead atoms. The second-order valence-electron chi connectivity index (χ2n) is 7.56. The van der Waals surface area contributed by atoms with E-state index >= 15 is 0 Å². The zero-order valence-electron chi connectivity index (χ0n) is 16.3. The summed E-state index contributed by atoms with van der Waals surface area (Å²) in [6.45, 7) is 4.57. The Morgan fingerprint density at radius 1 is 0.964 bits per heavy atom. The summed E-state index contributed by atoms with van der Waals surface area (Å²) in [6, 6.07) is 16.5. The first-order valence-electron chi connectivity index (χ1n) is 10.3. The highest BCUT2D eigenvalue weighted by atomic mass is 16.1. The van der Waals surface area contributed by atoms with Crippen molar-refractivity contribution >= 4 is 16.9 Å². The predicted molar refractivity (Wildman–Crippen MR) is 112 cm³/mol. The fraction of sp³-hybridized carbons (Fsp3) is 0.391. The third-order valence-electron chi connectivity index (χ3n) is 5.54. The fourth-order valence-corrected chi connectivity index (χ4v) is 3.94. The molecule has 3 aromatic rings. The van der Waals surface area contributed by atoms with E-state index in [2.05, 4.69) is 39.5 Å². The van der Waals surface area contributed by atoms with Crippen molar-refractivity contribution < 1.29 is 4.79 Å². The van der Waals surface area contributed by atoms with Crippen LogP contribution >= 0.6 is 0 Å². The fourth-order valence-electron chi connectivity index (χ4n) is 3.94. The lowest BCUT2D eigenvalue weighted by atomic mass is 10.0. The summed E-state index contributed by atoms with van der Waals surface area (Å²) in [5.74, 6) is 0.0746. The van der Waals surface area contributed by atoms with Crippen LogP contribution in [0.25, 0.3) is 11.0 Å². The first kappa shape index (κ1) is 18.7. The Labute approximate surface area is 166 Å². The summed E-state index contributed by atoms with van der Waals surface area (Å²) in [7, 11) is 0. The third-order valence-corrected chi connectivity index (χ3v) is 5.54. The van der Waals surface area contributed by atoms with Crippen LogP contribution in [0, 0.1) is 0 Å². The Morgan fingerprint density at radius 3 is 2.57 bits per heavy atom. The molecule has 2 heterocycles. The minimum Gasteiger partial charge on any atom is -0.352 e. The Bertz CT molecular complexity index is 927. The summed E-state index contributed by atoms with van der Waals surface area (Å²) in [6.07, 6.45) is 6.20. The van der Waals surface area contributed by atoms with E-state index in [1.807, 2.05) is 35.2 Å². The SMILES string of the molecule is O=C(CCn1cnc2ccccc21)NCc1ccccc1CN1CCCCC1. The van der Waals surface area contributed by atoms with Gasteiger partial charge >= 0.3 is 0 Å². The van der Waals surface area contributed by atoms with Gasteiger partial charge in [0.15, 0.2) is 0 Å². The molecule has 1 N–H and O–H groups in total. The van der Waals surface area contributed by atoms with Gasteiger partial charge in [-0.05, 0) is 49.2 Å². The highest BCUT2D eigenvalue weighted by Gasteiger charge is 2.13. The molecule has 1 aliphatic rings. The number of rotatable bonds is 7. The van der Waals surface area contributed by atoms with Gasteiger partial charge in [0.25, 0.3) is 0 Å². The smallest absolute Gasteiger partial charge is 0.222 e. The topological polar surface area (TPSA) is 50.2 Å². The number of carbonyl (C=O) groups excluding carboxylic acids is 1. The first-order chi connectivity index (χ1) is 13.8. The average molecular weight is 377 g/mol. The zero-order valence-corrected chi connectivity index (χ0v) is 16.3. The van der Waals surface area contributed by atoms with Gasteiger partial charge in [0, 0.05) is 26.1 Å². The molecule has 1 saturated heterocycles. The number of carbonyl (C=O) groups is 1. The number of fused-ring (bicyclic) bond motifs is 1. The second kappa shape index (κ2) is 9.02. The molecule has 1 aromatic heterocycles. The van der Waals surface area contributed by atoms with Gasteiger partial charge < -0.3 is 9.88 Å². The van der Waals surface area contributed by atoms with E-state index in [-0.39, 0.29) is 5.91 Å². The molecule has 0 spiro atoms. The zero-order chi connectivity index (χ0) is 19.2. The third kappa shape index (κ3) is 4.60. The van der Waals surface area contributed by atoms with Crippen LogP contribution in [0.15, 0.2) is 54.9 Å². The molecule has 0 saturated carbocycles. The van der Waals surface area contributed by atoms with Crippen molar-refractivity contribution in [1.82, 2.24) is 19.8 Å². The Morgan fingerprint density at radius 2 is 1.71 bits per heavy atom. The van der Waals surface area contributed by atoms with Gasteiger partial charge in [0.2, 0.25) is 5.91 Å². The standard InChI is InChI=1S/C23H28N4O/c28-23(12-15-27-18-25-21-10-4-5-11-22(21)27)24-16-19-8-2-3-9-20(19)17-26-13-6-1-7-14-26/h2-5,8-11,18H,1,6-7,12-17H2,(H,24,28). The van der Waals surface area contributed by atoms with Crippen molar-refractivity contribution in [3.05, 3.63) is 66.0 Å². The number of hydrogen-bond acceptors (Lipinski definition) is 3. The number of hydrogen-bond donors (Lipinski definition) is 1. The maximum Gasteiger partial charge on any atom is 0.222 e. The van der Waals surface area contributed by atoms with Gasteiger partial charge in [-0.15, -0.1) is 0 Å². The minimum absolute atomic E-state index is 0.0746. The van der Waals surface area contributed by atoms with Crippen LogP contribution in [0.2, 0.25) is 0 Å². The normalized spacial score (nSPS) is 15.0. The van der Waals surface area contributed by atoms with Crippen molar-refractivity contribution in [2.24, 2.45) is 0 Å². The minimum atomic E-state index is 0.0746. The number of benzene rings is 2. The molecule has 0 radical (unpaired) electrons. The highest BCUT2D eigenvalue weighted by molar-refractivity contribution is 5.77. The number of piperidine rings is 1. The molecule has 1 aliphatic heterocycles. The van der Waals surface area contributed by atoms with Crippen LogP contribution in [0.1, 0.15) is 36.8 Å². The molecule has 0 atom stereocenters. The van der Waals surface area contributed by atoms with Gasteiger partial charge in [-0.1, -0.05) is 42.8 Å². The summed E-state index contributed by atoms with van der Waals surface area (Å²) >= 11 is 0. The molecule has 0 unspecified atom stereocenters. The molecule has 5 heteroatoms. The van der Waals surface area contributed by atoms with E-state index in [0.717, 1.165) is 17.6 Å². The number of para-hydroxylation sites is 2. The van der Waals surface area contributed by atoms with Crippen LogP contribution in [-0.4, -0.2) is 33.4 Å². The molecular formula is C23H28N4O. The number of nitrogens with zero attached hydrogens (tertiary/aromatic N) is 3. The van der Waals surface area contributed by atoms with Crippen molar-refractivity contribution in [3.8, 4) is 0 Å². The van der Waals surface area contributed by atoms with Gasteiger partial charge in [-0.2, -0.15) is 0 Å². The first-order valence-corrected chi connectivity index (χ1v) is 10.3. The molecule has 28 heavy (non-hydrogen) atoms. The highest BCUT2D eigenvalue weighted by Crippen LogP contribution is 2.16. The number of likely N-dealkylation sites (tertiary alicyclic amines) is 1. The maximum absolute atomic E-state index is 12.4. The van der Waals surface area contributed by atoms with E-state index in [0.29, 0.717) is 19.5 Å². The lowest BCUT2D eigenvalue weighted by Gasteiger charge is -2.27. The Kier molecular flexibility index (Phi) is 6.02. The van der Waals surface area contributed by atoms with E-state index in [1.165, 1.54) is 43.5 Å². The van der Waals surface area contributed by atoms with Crippen LogP contribution < -0.4 is 5.32 Å². The molecule has 1 fully saturated rings. The van der Waals surface area contributed by atoms with E-state index in [1.54, 1.807) is 0 Å². The summed E-state index contributed by atoms with van der Waals surface area (Å²) in [4.78, 5) is 19.3. The van der Waals surface area contributed by atoms with Crippen LogP contribution in [0.5, 0.6) is 0 Å². The van der Waals surface area contributed by atoms with E-state index in [9.17, 15) is 4.79 Å². The molecular weight excluding hydrogens is 348 g/mol. The van der Waals surface area contributed by atoms with Gasteiger partial charge in [0.1, 0.15) is 0 Å². The lowest BCUT2D eigenvalue weighted by Crippen LogP contribution is -2.30. The van der Waals surface area contributed by atoms with Crippen molar-refractivity contribution in [2.75, 3.05) is 13.1 Å². The average Bonchev–Trinajstić information content (AvgIpc) is 3.15. The van der Waals surface area contributed by atoms with Crippen molar-refractivity contribution in [2.45, 2.75) is 45.3 Å². The molecule has 1 amide bonds.